The van der Waals surface area contributed by atoms with Gasteiger partial charge in [-0.3, -0.25) is 9.69 Å². The number of amides is 1. The second kappa shape index (κ2) is 12.3. The number of carbonyl (C=O) groups excluding carboxylic acids is 1. The molecule has 0 spiro atoms. The molecule has 3 aromatic rings. The van der Waals surface area contributed by atoms with E-state index in [1.807, 2.05) is 24.3 Å². The highest BCUT2D eigenvalue weighted by Crippen LogP contribution is 2.26. The van der Waals surface area contributed by atoms with Crippen LogP contribution in [0, 0.1) is 18.8 Å². The first kappa shape index (κ1) is 26.0. The van der Waals surface area contributed by atoms with E-state index >= 15 is 0 Å². The molecule has 2 aromatic carbocycles. The second-order valence-electron chi connectivity index (χ2n) is 10.4. The van der Waals surface area contributed by atoms with E-state index in [-0.39, 0.29) is 11.8 Å². The zero-order valence-electron chi connectivity index (χ0n) is 22.1. The lowest BCUT2D eigenvalue weighted by Crippen LogP contribution is -2.42. The standard InChI is InChI=1S/C30H37N5O3/c1-3-18-37-27-10-8-25(9-11-27)28-32-30(38-33-28)35-16-13-26(14-17-35)29(36)31-19-24-12-15-34(21-24)20-23-6-4-22(2)5-7-23/h3-11,24,26H,1,12-21H2,2H3,(H,31,36). The molecule has 0 saturated carbocycles. The summed E-state index contributed by atoms with van der Waals surface area (Å²) >= 11 is 0. The van der Waals surface area contributed by atoms with Crippen LogP contribution >= 0.6 is 0 Å². The summed E-state index contributed by atoms with van der Waals surface area (Å²) in [6.07, 6.45) is 4.41. The van der Waals surface area contributed by atoms with Crippen LogP contribution in [-0.4, -0.2) is 60.3 Å². The van der Waals surface area contributed by atoms with Crippen molar-refractivity contribution in [1.29, 1.82) is 0 Å². The maximum atomic E-state index is 12.9. The van der Waals surface area contributed by atoms with Crippen LogP contribution in [0.4, 0.5) is 6.01 Å². The molecule has 0 aliphatic carbocycles. The summed E-state index contributed by atoms with van der Waals surface area (Å²) in [5.74, 6) is 2.03. The van der Waals surface area contributed by atoms with Gasteiger partial charge in [0.15, 0.2) is 0 Å². The van der Waals surface area contributed by atoms with Gasteiger partial charge in [-0.05, 0) is 68.5 Å². The lowest BCUT2D eigenvalue weighted by molar-refractivity contribution is -0.125. The van der Waals surface area contributed by atoms with Gasteiger partial charge in [-0.15, -0.1) is 0 Å². The summed E-state index contributed by atoms with van der Waals surface area (Å²) in [5.41, 5.74) is 3.51. The van der Waals surface area contributed by atoms with Crippen LogP contribution in [0.2, 0.25) is 0 Å². The number of nitrogens with zero attached hydrogens (tertiary/aromatic N) is 4. The Labute approximate surface area is 224 Å². The number of anilines is 1. The Morgan fingerprint density at radius 3 is 2.61 bits per heavy atom. The second-order valence-corrected chi connectivity index (χ2v) is 10.4. The molecule has 8 nitrogen and oxygen atoms in total. The minimum absolute atomic E-state index is 0.0295. The van der Waals surface area contributed by atoms with Crippen LogP contribution in [0.15, 0.2) is 65.7 Å². The van der Waals surface area contributed by atoms with Gasteiger partial charge in [0.25, 0.3) is 0 Å². The largest absolute Gasteiger partial charge is 0.490 e. The summed E-state index contributed by atoms with van der Waals surface area (Å²) in [4.78, 5) is 22.0. The molecule has 1 amide bonds. The Bertz CT molecular complexity index is 1200. The lowest BCUT2D eigenvalue weighted by Gasteiger charge is -2.30. The predicted octanol–water partition coefficient (Wildman–Crippen LogP) is 4.46. The van der Waals surface area contributed by atoms with Gasteiger partial charge in [0.1, 0.15) is 12.4 Å². The molecule has 3 heterocycles. The number of carbonyl (C=O) groups is 1. The highest BCUT2D eigenvalue weighted by molar-refractivity contribution is 5.79. The van der Waals surface area contributed by atoms with Crippen LogP contribution < -0.4 is 15.0 Å². The summed E-state index contributed by atoms with van der Waals surface area (Å²) in [7, 11) is 0. The third-order valence-corrected chi connectivity index (χ3v) is 7.49. The molecular weight excluding hydrogens is 478 g/mol. The van der Waals surface area contributed by atoms with Crippen LogP contribution in [0.3, 0.4) is 0 Å². The number of aromatic nitrogens is 2. The first-order valence-electron chi connectivity index (χ1n) is 13.6. The number of benzene rings is 2. The van der Waals surface area contributed by atoms with E-state index in [9.17, 15) is 4.79 Å². The van der Waals surface area contributed by atoms with Crippen molar-refractivity contribution in [2.24, 2.45) is 11.8 Å². The zero-order chi connectivity index (χ0) is 26.3. The van der Waals surface area contributed by atoms with Gasteiger partial charge in [0.05, 0.1) is 0 Å². The van der Waals surface area contributed by atoms with E-state index in [1.165, 1.54) is 11.1 Å². The minimum Gasteiger partial charge on any atom is -0.490 e. The van der Waals surface area contributed by atoms with E-state index < -0.39 is 0 Å². The number of piperidine rings is 1. The van der Waals surface area contributed by atoms with Crippen molar-refractivity contribution in [2.75, 3.05) is 44.2 Å². The maximum absolute atomic E-state index is 12.9. The molecular formula is C30H37N5O3. The quantitative estimate of drug-likeness (QED) is 0.399. The molecule has 1 atom stereocenters. The van der Waals surface area contributed by atoms with Gasteiger partial charge in [0, 0.05) is 44.2 Å². The van der Waals surface area contributed by atoms with Gasteiger partial charge >= 0.3 is 6.01 Å². The van der Waals surface area contributed by atoms with Gasteiger partial charge in [-0.25, -0.2) is 0 Å². The topological polar surface area (TPSA) is 83.7 Å². The van der Waals surface area contributed by atoms with Gasteiger partial charge in [-0.2, -0.15) is 4.98 Å². The summed E-state index contributed by atoms with van der Waals surface area (Å²) in [6, 6.07) is 16.9. The third-order valence-electron chi connectivity index (χ3n) is 7.49. The van der Waals surface area contributed by atoms with Crippen molar-refractivity contribution in [3.63, 3.8) is 0 Å². The Morgan fingerprint density at radius 1 is 1.11 bits per heavy atom. The lowest BCUT2D eigenvalue weighted by atomic mass is 9.96. The fourth-order valence-electron chi connectivity index (χ4n) is 5.21. The fourth-order valence-corrected chi connectivity index (χ4v) is 5.21. The van der Waals surface area contributed by atoms with Gasteiger partial charge in [-0.1, -0.05) is 47.6 Å². The van der Waals surface area contributed by atoms with Gasteiger partial charge < -0.3 is 19.5 Å². The molecule has 2 saturated heterocycles. The summed E-state index contributed by atoms with van der Waals surface area (Å²) in [6.45, 7) is 11.6. The molecule has 0 bridgehead atoms. The van der Waals surface area contributed by atoms with E-state index in [1.54, 1.807) is 6.08 Å². The minimum atomic E-state index is 0.0295. The molecule has 1 unspecified atom stereocenters. The maximum Gasteiger partial charge on any atom is 0.324 e. The van der Waals surface area contributed by atoms with Crippen molar-refractivity contribution in [3.8, 4) is 17.1 Å². The first-order valence-corrected chi connectivity index (χ1v) is 13.6. The van der Waals surface area contributed by atoms with Crippen molar-refractivity contribution < 1.29 is 14.1 Å². The normalized spacial score (nSPS) is 18.4. The van der Waals surface area contributed by atoms with E-state index in [0.717, 1.165) is 69.8 Å². The van der Waals surface area contributed by atoms with Crippen LogP contribution in [-0.2, 0) is 11.3 Å². The van der Waals surface area contributed by atoms with Crippen LogP contribution in [0.1, 0.15) is 30.4 Å². The molecule has 1 N–H and O–H groups in total. The molecule has 2 aliphatic rings. The SMILES string of the molecule is C=CCOc1ccc(-c2noc(N3CCC(C(=O)NCC4CCN(Cc5ccc(C)cc5)C4)CC3)n2)cc1. The Kier molecular flexibility index (Phi) is 8.38. The summed E-state index contributed by atoms with van der Waals surface area (Å²) in [5, 5.41) is 7.38. The molecule has 2 aliphatic heterocycles. The molecule has 0 radical (unpaired) electrons. The molecule has 5 rings (SSSR count). The molecule has 1 aromatic heterocycles. The number of nitrogens with one attached hydrogen (secondary N) is 1. The average molecular weight is 516 g/mol. The van der Waals surface area contributed by atoms with E-state index in [2.05, 4.69) is 63.0 Å². The zero-order valence-corrected chi connectivity index (χ0v) is 22.1. The van der Waals surface area contributed by atoms with Crippen LogP contribution in [0.5, 0.6) is 5.75 Å². The number of hydrogen-bond acceptors (Lipinski definition) is 7. The molecule has 8 heteroatoms. The van der Waals surface area contributed by atoms with Crippen molar-refractivity contribution in [2.45, 2.75) is 32.7 Å². The number of aryl methyl sites for hydroxylation is 1. The fraction of sp³-hybridized carbons (Fsp3) is 0.433. The molecule has 200 valence electrons. The van der Waals surface area contributed by atoms with E-state index in [0.29, 0.717) is 24.4 Å². The Balaban J connectivity index is 1.04. The van der Waals surface area contributed by atoms with E-state index in [4.69, 9.17) is 9.26 Å². The monoisotopic (exact) mass is 515 g/mol. The first-order chi connectivity index (χ1) is 18.6. The highest BCUT2D eigenvalue weighted by Gasteiger charge is 2.29. The van der Waals surface area contributed by atoms with Crippen molar-refractivity contribution >= 4 is 11.9 Å². The number of rotatable bonds is 10. The van der Waals surface area contributed by atoms with Crippen LogP contribution in [0.25, 0.3) is 11.4 Å². The Hall–Kier alpha value is -3.65. The number of likely N-dealkylation sites (tertiary alicyclic amines) is 1. The summed E-state index contributed by atoms with van der Waals surface area (Å²) < 4.78 is 11.1. The Morgan fingerprint density at radius 2 is 1.87 bits per heavy atom. The molecule has 38 heavy (non-hydrogen) atoms. The average Bonchev–Trinajstić information content (AvgIpc) is 3.62. The van der Waals surface area contributed by atoms with Crippen molar-refractivity contribution in [3.05, 3.63) is 72.3 Å². The highest BCUT2D eigenvalue weighted by atomic mass is 16.5. The number of hydrogen-bond donors (Lipinski definition) is 1. The smallest absolute Gasteiger partial charge is 0.324 e. The third kappa shape index (κ3) is 6.61. The van der Waals surface area contributed by atoms with Crippen molar-refractivity contribution in [1.82, 2.24) is 20.4 Å². The van der Waals surface area contributed by atoms with Gasteiger partial charge in [0.2, 0.25) is 11.7 Å². The predicted molar refractivity (Wildman–Crippen MR) is 148 cm³/mol. The number of ether oxygens (including phenoxy) is 1. The molecule has 2 fully saturated rings.